The van der Waals surface area contributed by atoms with Gasteiger partial charge < -0.3 is 19.8 Å². The molecule has 0 aliphatic carbocycles. The van der Waals surface area contributed by atoms with E-state index in [-0.39, 0.29) is 0 Å². The number of ether oxygens (including phenoxy) is 1. The molecule has 0 spiro atoms. The van der Waals surface area contributed by atoms with Crippen molar-refractivity contribution < 1.29 is 9.15 Å². The number of aromatic nitrogens is 2. The summed E-state index contributed by atoms with van der Waals surface area (Å²) in [4.78, 5) is 11.6. The lowest BCUT2D eigenvalue weighted by molar-refractivity contribution is 0.238. The number of rotatable bonds is 10. The number of fused-ring (bicyclic) bond motifs is 1. The highest BCUT2D eigenvalue weighted by Gasteiger charge is 2.22. The van der Waals surface area contributed by atoms with Gasteiger partial charge in [0.2, 0.25) is 5.71 Å². The summed E-state index contributed by atoms with van der Waals surface area (Å²) >= 11 is 0. The van der Waals surface area contributed by atoms with E-state index in [0.29, 0.717) is 12.3 Å². The molecule has 212 valence electrons. The van der Waals surface area contributed by atoms with Gasteiger partial charge in [-0.05, 0) is 94.0 Å². The number of piperidine rings is 1. The minimum Gasteiger partial charge on any atom is -0.492 e. The van der Waals surface area contributed by atoms with Crippen LogP contribution in [0.3, 0.4) is 0 Å². The van der Waals surface area contributed by atoms with Crippen LogP contribution in [0.2, 0.25) is 0 Å². The first-order chi connectivity index (χ1) is 19.8. The van der Waals surface area contributed by atoms with E-state index < -0.39 is 0 Å². The SMILES string of the molecule is CC.c1ccc(-c2c(-c3ccc(OCCN4CCCC4)cc3)oc3ncnc(NCCC4CCNCC4)c23)cc1. The van der Waals surface area contributed by atoms with E-state index in [9.17, 15) is 0 Å². The molecule has 2 fully saturated rings. The lowest BCUT2D eigenvalue weighted by atomic mass is 9.95. The summed E-state index contributed by atoms with van der Waals surface area (Å²) in [5, 5.41) is 8.00. The van der Waals surface area contributed by atoms with Crippen molar-refractivity contribution in [2.45, 2.75) is 46.0 Å². The molecule has 2 aromatic heterocycles. The largest absolute Gasteiger partial charge is 0.492 e. The van der Waals surface area contributed by atoms with Crippen LogP contribution in [0.15, 0.2) is 65.3 Å². The fourth-order valence-corrected chi connectivity index (χ4v) is 5.72. The summed E-state index contributed by atoms with van der Waals surface area (Å²) in [5.41, 5.74) is 3.70. The van der Waals surface area contributed by atoms with Gasteiger partial charge in [0, 0.05) is 24.2 Å². The molecular weight excluding hydrogens is 498 g/mol. The Morgan fingerprint density at radius 1 is 0.950 bits per heavy atom. The zero-order valence-electron chi connectivity index (χ0n) is 24.0. The summed E-state index contributed by atoms with van der Waals surface area (Å²) in [5.74, 6) is 3.27. The molecule has 7 heteroatoms. The molecule has 0 unspecified atom stereocenters. The number of anilines is 1. The van der Waals surface area contributed by atoms with Crippen LogP contribution < -0.4 is 15.4 Å². The Hall–Kier alpha value is -3.42. The van der Waals surface area contributed by atoms with E-state index in [1.807, 2.05) is 32.0 Å². The van der Waals surface area contributed by atoms with Crippen LogP contribution in [0.4, 0.5) is 5.82 Å². The van der Waals surface area contributed by atoms with Crippen molar-refractivity contribution in [2.24, 2.45) is 5.92 Å². The molecule has 0 saturated carbocycles. The summed E-state index contributed by atoms with van der Waals surface area (Å²) in [6.45, 7) is 11.2. The van der Waals surface area contributed by atoms with Crippen molar-refractivity contribution in [1.82, 2.24) is 20.2 Å². The normalized spacial score (nSPS) is 16.1. The van der Waals surface area contributed by atoms with E-state index in [1.165, 1.54) is 38.8 Å². The van der Waals surface area contributed by atoms with Gasteiger partial charge in [0.1, 0.15) is 30.3 Å². The number of furan rings is 1. The third-order valence-electron chi connectivity index (χ3n) is 7.85. The van der Waals surface area contributed by atoms with Gasteiger partial charge >= 0.3 is 0 Å². The Labute approximate surface area is 238 Å². The molecule has 0 atom stereocenters. The van der Waals surface area contributed by atoms with Crippen molar-refractivity contribution >= 4 is 16.9 Å². The molecule has 4 heterocycles. The Kier molecular flexibility index (Phi) is 10.0. The second kappa shape index (κ2) is 14.3. The van der Waals surface area contributed by atoms with Gasteiger partial charge in [0.25, 0.3) is 0 Å². The van der Waals surface area contributed by atoms with Crippen LogP contribution in [0.1, 0.15) is 46.0 Å². The Balaban J connectivity index is 0.00000158. The number of likely N-dealkylation sites (tertiary alicyclic amines) is 1. The maximum Gasteiger partial charge on any atom is 0.232 e. The van der Waals surface area contributed by atoms with Crippen LogP contribution in [0, 0.1) is 5.92 Å². The van der Waals surface area contributed by atoms with Crippen molar-refractivity contribution in [3.63, 3.8) is 0 Å². The monoisotopic (exact) mass is 541 g/mol. The van der Waals surface area contributed by atoms with Gasteiger partial charge in [-0.1, -0.05) is 44.2 Å². The van der Waals surface area contributed by atoms with Crippen LogP contribution in [-0.4, -0.2) is 60.7 Å². The summed E-state index contributed by atoms with van der Waals surface area (Å²) in [6.07, 6.45) is 7.81. The quantitative estimate of drug-likeness (QED) is 0.227. The standard InChI is InChI=1S/C31H37N5O2.C2H6/c1-2-6-24(7-3-1)27-28-30(33-17-14-23-12-15-32-16-13-23)34-22-35-31(28)38-29(27)25-8-10-26(11-9-25)37-21-20-36-18-4-5-19-36;1-2/h1-3,6-11,22-23,32H,4-5,12-21H2,(H,33,34,35);1-2H3. The fourth-order valence-electron chi connectivity index (χ4n) is 5.72. The van der Waals surface area contributed by atoms with Gasteiger partial charge in [-0.25, -0.2) is 9.97 Å². The maximum atomic E-state index is 6.42. The van der Waals surface area contributed by atoms with E-state index in [2.05, 4.69) is 61.9 Å². The van der Waals surface area contributed by atoms with Crippen LogP contribution in [0.5, 0.6) is 5.75 Å². The van der Waals surface area contributed by atoms with Gasteiger partial charge in [-0.15, -0.1) is 0 Å². The zero-order chi connectivity index (χ0) is 27.6. The lowest BCUT2D eigenvalue weighted by Gasteiger charge is -2.22. The van der Waals surface area contributed by atoms with E-state index in [4.69, 9.17) is 9.15 Å². The average Bonchev–Trinajstić information content (AvgIpc) is 3.68. The van der Waals surface area contributed by atoms with Crippen molar-refractivity contribution in [3.05, 3.63) is 60.9 Å². The Bertz CT molecular complexity index is 1310. The number of benzene rings is 2. The third-order valence-corrected chi connectivity index (χ3v) is 7.85. The van der Waals surface area contributed by atoms with Gasteiger partial charge in [-0.3, -0.25) is 4.90 Å². The molecule has 2 aromatic carbocycles. The van der Waals surface area contributed by atoms with Crippen LogP contribution in [0.25, 0.3) is 33.6 Å². The molecule has 40 heavy (non-hydrogen) atoms. The van der Waals surface area contributed by atoms with Gasteiger partial charge in [0.15, 0.2) is 0 Å². The van der Waals surface area contributed by atoms with Crippen LogP contribution >= 0.6 is 0 Å². The molecule has 2 aliphatic rings. The first-order valence-electron chi connectivity index (χ1n) is 15.1. The second-order valence-electron chi connectivity index (χ2n) is 10.4. The number of nitrogens with one attached hydrogen (secondary N) is 2. The molecular formula is C33H43N5O2. The molecule has 2 aliphatic heterocycles. The van der Waals surface area contributed by atoms with Gasteiger partial charge in [0.05, 0.1) is 5.39 Å². The molecule has 6 rings (SSSR count). The molecule has 4 aromatic rings. The average molecular weight is 542 g/mol. The van der Waals surface area contributed by atoms with Crippen LogP contribution in [-0.2, 0) is 0 Å². The topological polar surface area (TPSA) is 75.5 Å². The highest BCUT2D eigenvalue weighted by Crippen LogP contribution is 2.42. The smallest absolute Gasteiger partial charge is 0.232 e. The minimum atomic E-state index is 0.601. The Morgan fingerprint density at radius 2 is 1.70 bits per heavy atom. The summed E-state index contributed by atoms with van der Waals surface area (Å²) in [7, 11) is 0. The van der Waals surface area contributed by atoms with Crippen molar-refractivity contribution in [3.8, 4) is 28.2 Å². The Morgan fingerprint density at radius 3 is 2.45 bits per heavy atom. The summed E-state index contributed by atoms with van der Waals surface area (Å²) < 4.78 is 12.5. The molecule has 2 N–H and O–H groups in total. The predicted octanol–water partition coefficient (Wildman–Crippen LogP) is 6.86. The van der Waals surface area contributed by atoms with Crippen molar-refractivity contribution in [2.75, 3.05) is 51.2 Å². The number of hydrogen-bond acceptors (Lipinski definition) is 7. The molecule has 0 amide bonds. The molecule has 0 bridgehead atoms. The van der Waals surface area contributed by atoms with Crippen molar-refractivity contribution in [1.29, 1.82) is 0 Å². The fraction of sp³-hybridized carbons (Fsp3) is 0.455. The molecule has 7 nitrogen and oxygen atoms in total. The van der Waals surface area contributed by atoms with E-state index >= 15 is 0 Å². The third kappa shape index (κ3) is 6.83. The predicted molar refractivity (Wildman–Crippen MR) is 164 cm³/mol. The maximum absolute atomic E-state index is 6.42. The number of nitrogens with zero attached hydrogens (tertiary/aromatic N) is 3. The highest BCUT2D eigenvalue weighted by atomic mass is 16.5. The number of hydrogen-bond donors (Lipinski definition) is 2. The van der Waals surface area contributed by atoms with E-state index in [0.717, 1.165) is 77.9 Å². The lowest BCUT2D eigenvalue weighted by Crippen LogP contribution is -2.28. The second-order valence-corrected chi connectivity index (χ2v) is 10.4. The van der Waals surface area contributed by atoms with Gasteiger partial charge in [-0.2, -0.15) is 0 Å². The first kappa shape index (κ1) is 28.1. The highest BCUT2D eigenvalue weighted by molar-refractivity contribution is 6.05. The molecule has 0 radical (unpaired) electrons. The van der Waals surface area contributed by atoms with E-state index in [1.54, 1.807) is 6.33 Å². The zero-order valence-corrected chi connectivity index (χ0v) is 24.0. The first-order valence-corrected chi connectivity index (χ1v) is 15.1. The molecule has 2 saturated heterocycles. The minimum absolute atomic E-state index is 0.601. The summed E-state index contributed by atoms with van der Waals surface area (Å²) in [6, 6.07) is 18.6.